The highest BCUT2D eigenvalue weighted by Gasteiger charge is 2.38. The summed E-state index contributed by atoms with van der Waals surface area (Å²) in [5.41, 5.74) is 1.83. The third kappa shape index (κ3) is 3.43. The van der Waals surface area contributed by atoms with Crippen LogP contribution in [0.5, 0.6) is 0 Å². The van der Waals surface area contributed by atoms with Gasteiger partial charge in [0.2, 0.25) is 0 Å². The SMILES string of the molecule is Cn1nccc1CCC1(CO)CCC(C(C)(C)C)CC1. The van der Waals surface area contributed by atoms with Gasteiger partial charge in [-0.3, -0.25) is 4.68 Å². The molecule has 1 N–H and O–H groups in total. The minimum Gasteiger partial charge on any atom is -0.396 e. The lowest BCUT2D eigenvalue weighted by molar-refractivity contribution is 0.0303. The highest BCUT2D eigenvalue weighted by Crippen LogP contribution is 2.47. The van der Waals surface area contributed by atoms with E-state index in [0.717, 1.165) is 18.8 Å². The van der Waals surface area contributed by atoms with Crippen molar-refractivity contribution in [3.63, 3.8) is 0 Å². The number of aryl methyl sites for hydroxylation is 2. The molecule has 0 radical (unpaired) electrons. The summed E-state index contributed by atoms with van der Waals surface area (Å²) in [6.45, 7) is 7.37. The number of rotatable bonds is 4. The molecule has 20 heavy (non-hydrogen) atoms. The second-order valence-electron chi connectivity index (χ2n) is 7.74. The largest absolute Gasteiger partial charge is 0.396 e. The van der Waals surface area contributed by atoms with E-state index in [9.17, 15) is 5.11 Å². The van der Waals surface area contributed by atoms with Crippen LogP contribution in [0.25, 0.3) is 0 Å². The Kier molecular flexibility index (Phi) is 4.58. The smallest absolute Gasteiger partial charge is 0.0492 e. The van der Waals surface area contributed by atoms with Crippen molar-refractivity contribution in [1.82, 2.24) is 9.78 Å². The van der Waals surface area contributed by atoms with Crippen LogP contribution in [0, 0.1) is 16.7 Å². The summed E-state index contributed by atoms with van der Waals surface area (Å²) < 4.78 is 1.95. The number of aliphatic hydroxyl groups excluding tert-OH is 1. The van der Waals surface area contributed by atoms with Gasteiger partial charge in [0.25, 0.3) is 0 Å². The Morgan fingerprint density at radius 3 is 2.45 bits per heavy atom. The monoisotopic (exact) mass is 278 g/mol. The van der Waals surface area contributed by atoms with Crippen molar-refractivity contribution in [2.24, 2.45) is 23.8 Å². The number of hydrogen-bond acceptors (Lipinski definition) is 2. The van der Waals surface area contributed by atoms with Crippen molar-refractivity contribution in [2.75, 3.05) is 6.61 Å². The first-order valence-electron chi connectivity index (χ1n) is 7.94. The average molecular weight is 278 g/mol. The lowest BCUT2D eigenvalue weighted by Gasteiger charge is -2.43. The van der Waals surface area contributed by atoms with Gasteiger partial charge in [-0.25, -0.2) is 0 Å². The maximum absolute atomic E-state index is 9.91. The van der Waals surface area contributed by atoms with Crippen molar-refractivity contribution < 1.29 is 5.11 Å². The van der Waals surface area contributed by atoms with Gasteiger partial charge in [0, 0.05) is 25.5 Å². The lowest BCUT2D eigenvalue weighted by Crippen LogP contribution is -2.35. The molecule has 1 heterocycles. The molecule has 114 valence electrons. The van der Waals surface area contributed by atoms with Crippen molar-refractivity contribution in [3.05, 3.63) is 18.0 Å². The van der Waals surface area contributed by atoms with Gasteiger partial charge in [-0.15, -0.1) is 0 Å². The normalized spacial score (nSPS) is 27.8. The van der Waals surface area contributed by atoms with Crippen LogP contribution in [0.2, 0.25) is 0 Å². The molecule has 0 unspecified atom stereocenters. The third-order valence-corrected chi connectivity index (χ3v) is 5.44. The Balaban J connectivity index is 1.93. The van der Waals surface area contributed by atoms with Gasteiger partial charge in [-0.2, -0.15) is 5.10 Å². The van der Waals surface area contributed by atoms with E-state index < -0.39 is 0 Å². The van der Waals surface area contributed by atoms with Gasteiger partial charge in [0.05, 0.1) is 0 Å². The molecular formula is C17H30N2O. The van der Waals surface area contributed by atoms with Crippen LogP contribution in [0.3, 0.4) is 0 Å². The summed E-state index contributed by atoms with van der Waals surface area (Å²) in [5.74, 6) is 0.805. The van der Waals surface area contributed by atoms with Crippen molar-refractivity contribution in [1.29, 1.82) is 0 Å². The second-order valence-corrected chi connectivity index (χ2v) is 7.74. The molecule has 1 fully saturated rings. The molecule has 0 amide bonds. The number of aliphatic hydroxyl groups is 1. The zero-order valence-electron chi connectivity index (χ0n) is 13.5. The van der Waals surface area contributed by atoms with Crippen molar-refractivity contribution in [2.45, 2.75) is 59.3 Å². The molecule has 3 nitrogen and oxygen atoms in total. The molecule has 0 bridgehead atoms. The topological polar surface area (TPSA) is 38.0 Å². The number of hydrogen-bond donors (Lipinski definition) is 1. The highest BCUT2D eigenvalue weighted by molar-refractivity contribution is 5.01. The van der Waals surface area contributed by atoms with Gasteiger partial charge in [0.15, 0.2) is 0 Å². The van der Waals surface area contributed by atoms with Gasteiger partial charge in [0.1, 0.15) is 0 Å². The number of nitrogens with zero attached hydrogens (tertiary/aromatic N) is 2. The Morgan fingerprint density at radius 2 is 2.00 bits per heavy atom. The summed E-state index contributed by atoms with van der Waals surface area (Å²) in [6.07, 6.45) is 8.83. The Labute approximate surface area is 123 Å². The summed E-state index contributed by atoms with van der Waals surface area (Å²) >= 11 is 0. The quantitative estimate of drug-likeness (QED) is 0.914. The molecular weight excluding hydrogens is 248 g/mol. The van der Waals surface area contributed by atoms with E-state index in [0.29, 0.717) is 12.0 Å². The Hall–Kier alpha value is -0.830. The van der Waals surface area contributed by atoms with E-state index in [1.54, 1.807) is 0 Å². The maximum Gasteiger partial charge on any atom is 0.0492 e. The molecule has 0 aromatic carbocycles. The van der Waals surface area contributed by atoms with E-state index in [-0.39, 0.29) is 5.41 Å². The average Bonchev–Trinajstić information content (AvgIpc) is 2.81. The molecule has 1 saturated carbocycles. The highest BCUT2D eigenvalue weighted by atomic mass is 16.3. The van der Waals surface area contributed by atoms with Crippen molar-refractivity contribution >= 4 is 0 Å². The molecule has 0 spiro atoms. The predicted octanol–water partition coefficient (Wildman–Crippen LogP) is 3.57. The van der Waals surface area contributed by atoms with Gasteiger partial charge in [-0.1, -0.05) is 20.8 Å². The first-order valence-corrected chi connectivity index (χ1v) is 7.94. The minimum atomic E-state index is 0.145. The van der Waals surface area contributed by atoms with Crippen LogP contribution in [-0.4, -0.2) is 21.5 Å². The van der Waals surface area contributed by atoms with Crippen LogP contribution >= 0.6 is 0 Å². The molecule has 2 rings (SSSR count). The molecule has 0 aliphatic heterocycles. The van der Waals surface area contributed by atoms with Crippen LogP contribution in [0.1, 0.15) is 58.6 Å². The van der Waals surface area contributed by atoms with Crippen LogP contribution in [0.15, 0.2) is 12.3 Å². The zero-order chi connectivity index (χ0) is 14.8. The fourth-order valence-electron chi connectivity index (χ4n) is 3.62. The van der Waals surface area contributed by atoms with Crippen LogP contribution in [-0.2, 0) is 13.5 Å². The second kappa shape index (κ2) is 5.88. The number of aromatic nitrogens is 2. The maximum atomic E-state index is 9.91. The summed E-state index contributed by atoms with van der Waals surface area (Å²) in [7, 11) is 2.00. The Bertz CT molecular complexity index is 422. The van der Waals surface area contributed by atoms with Gasteiger partial charge >= 0.3 is 0 Å². The fourth-order valence-corrected chi connectivity index (χ4v) is 3.62. The van der Waals surface area contributed by atoms with Crippen LogP contribution in [0.4, 0.5) is 0 Å². The fraction of sp³-hybridized carbons (Fsp3) is 0.824. The first kappa shape index (κ1) is 15.6. The molecule has 0 saturated heterocycles. The van der Waals surface area contributed by atoms with Crippen molar-refractivity contribution in [3.8, 4) is 0 Å². The summed E-state index contributed by atoms with van der Waals surface area (Å²) in [6, 6.07) is 2.09. The zero-order valence-corrected chi connectivity index (χ0v) is 13.5. The molecule has 1 aliphatic carbocycles. The molecule has 1 aliphatic rings. The molecule has 1 aromatic heterocycles. The van der Waals surface area contributed by atoms with E-state index in [1.165, 1.54) is 31.4 Å². The van der Waals surface area contributed by atoms with E-state index >= 15 is 0 Å². The molecule has 3 heteroatoms. The lowest BCUT2D eigenvalue weighted by atomic mass is 9.63. The van der Waals surface area contributed by atoms with E-state index in [2.05, 4.69) is 31.9 Å². The van der Waals surface area contributed by atoms with Crippen LogP contribution < -0.4 is 0 Å². The van der Waals surface area contributed by atoms with Gasteiger partial charge < -0.3 is 5.11 Å². The Morgan fingerprint density at radius 1 is 1.35 bits per heavy atom. The first-order chi connectivity index (χ1) is 9.36. The molecule has 1 aromatic rings. The summed E-state index contributed by atoms with van der Waals surface area (Å²) in [5, 5.41) is 14.1. The predicted molar refractivity (Wildman–Crippen MR) is 82.5 cm³/mol. The van der Waals surface area contributed by atoms with E-state index in [4.69, 9.17) is 0 Å². The minimum absolute atomic E-state index is 0.145. The summed E-state index contributed by atoms with van der Waals surface area (Å²) in [4.78, 5) is 0. The van der Waals surface area contributed by atoms with Gasteiger partial charge in [-0.05, 0) is 61.3 Å². The molecule has 0 atom stereocenters. The standard InChI is InChI=1S/C17H30N2O/c1-16(2,3)14-5-9-17(13-20,10-6-14)11-7-15-8-12-18-19(15)4/h8,12,14,20H,5-7,9-11,13H2,1-4H3. The third-order valence-electron chi connectivity index (χ3n) is 5.44. The van der Waals surface area contributed by atoms with E-state index in [1.807, 2.05) is 17.9 Å².